The molecule has 0 aromatic heterocycles. The van der Waals surface area contributed by atoms with E-state index >= 15 is 0 Å². The number of carboxylic acids is 1. The number of aromatic carboxylic acids is 1. The zero-order chi connectivity index (χ0) is 16.7. The highest BCUT2D eigenvalue weighted by Gasteiger charge is 2.30. The summed E-state index contributed by atoms with van der Waals surface area (Å²) >= 11 is 0. The van der Waals surface area contributed by atoms with Crippen molar-refractivity contribution in [2.24, 2.45) is 0 Å². The highest BCUT2D eigenvalue weighted by molar-refractivity contribution is 5.92. The Morgan fingerprint density at radius 3 is 1.71 bits per heavy atom. The number of benzene rings is 1. The van der Waals surface area contributed by atoms with E-state index in [4.69, 9.17) is 0 Å². The minimum Gasteiger partial charge on any atom is -0.478 e. The van der Waals surface area contributed by atoms with Gasteiger partial charge in [0.15, 0.2) is 0 Å². The largest absolute Gasteiger partial charge is 0.478 e. The van der Waals surface area contributed by atoms with Crippen molar-refractivity contribution in [2.45, 2.75) is 79.1 Å². The molecule has 0 spiro atoms. The summed E-state index contributed by atoms with van der Waals surface area (Å²) in [6.45, 7) is 19.0. The molecule has 1 N–H and O–H groups in total. The Labute approximate surface area is 129 Å². The van der Waals surface area contributed by atoms with Crippen LogP contribution < -0.4 is 0 Å². The Hall–Kier alpha value is -1.31. The van der Waals surface area contributed by atoms with E-state index in [1.807, 2.05) is 0 Å². The first-order valence-electron chi connectivity index (χ1n) is 7.70. The quantitative estimate of drug-likeness (QED) is 0.790. The smallest absolute Gasteiger partial charge is 0.336 e. The molecule has 2 nitrogen and oxygen atoms in total. The van der Waals surface area contributed by atoms with Crippen molar-refractivity contribution in [1.29, 1.82) is 0 Å². The van der Waals surface area contributed by atoms with Gasteiger partial charge in [-0.1, -0.05) is 61.5 Å². The third kappa shape index (κ3) is 3.48. The van der Waals surface area contributed by atoms with Crippen LogP contribution >= 0.6 is 0 Å². The minimum absolute atomic E-state index is 0.00472. The third-order valence-corrected chi connectivity index (χ3v) is 4.04. The molecule has 0 aliphatic rings. The second-order valence-electron chi connectivity index (χ2n) is 8.35. The molecule has 0 amide bonds. The summed E-state index contributed by atoms with van der Waals surface area (Å²) in [7, 11) is 0. The highest BCUT2D eigenvalue weighted by atomic mass is 16.4. The molecule has 2 heteroatoms. The van der Waals surface area contributed by atoms with Crippen LogP contribution in [0.15, 0.2) is 6.07 Å². The number of rotatable bonds is 2. The number of carboxylic acid groups (broad SMARTS) is 1. The lowest BCUT2D eigenvalue weighted by atomic mass is 9.73. The highest BCUT2D eigenvalue weighted by Crippen LogP contribution is 2.39. The van der Waals surface area contributed by atoms with Crippen LogP contribution in [0.25, 0.3) is 0 Å². The lowest BCUT2D eigenvalue weighted by Gasteiger charge is -2.31. The molecule has 21 heavy (non-hydrogen) atoms. The van der Waals surface area contributed by atoms with Crippen molar-refractivity contribution >= 4 is 5.97 Å². The molecule has 0 bridgehead atoms. The van der Waals surface area contributed by atoms with Crippen molar-refractivity contribution in [2.75, 3.05) is 0 Å². The lowest BCUT2D eigenvalue weighted by molar-refractivity contribution is 0.0692. The molecule has 0 atom stereocenters. The summed E-state index contributed by atoms with van der Waals surface area (Å²) in [5.41, 5.74) is 4.62. The summed E-state index contributed by atoms with van der Waals surface area (Å²) in [5.74, 6) is -0.619. The first kappa shape index (κ1) is 17.7. The maximum atomic E-state index is 11.9. The SMILES string of the molecule is Cc1c(C(C)(C)C)cc(C(C)(C)C)c(C(=O)O)c1C(C)C. The van der Waals surface area contributed by atoms with Gasteiger partial charge in [0, 0.05) is 0 Å². The van der Waals surface area contributed by atoms with Gasteiger partial charge in [0.05, 0.1) is 5.56 Å². The lowest BCUT2D eigenvalue weighted by Crippen LogP contribution is -2.24. The second kappa shape index (κ2) is 5.47. The molecule has 0 saturated carbocycles. The summed E-state index contributed by atoms with van der Waals surface area (Å²) < 4.78 is 0. The zero-order valence-corrected chi connectivity index (χ0v) is 15.0. The summed E-state index contributed by atoms with van der Waals surface area (Å²) in [6, 6.07) is 2.12. The molecule has 118 valence electrons. The molecule has 0 radical (unpaired) electrons. The van der Waals surface area contributed by atoms with Crippen molar-refractivity contribution < 1.29 is 9.90 Å². The van der Waals surface area contributed by atoms with Crippen LogP contribution in [0, 0.1) is 6.92 Å². The Balaban J connectivity index is 3.96. The van der Waals surface area contributed by atoms with Gasteiger partial charge in [0.25, 0.3) is 0 Å². The fourth-order valence-corrected chi connectivity index (χ4v) is 3.13. The van der Waals surface area contributed by atoms with E-state index in [-0.39, 0.29) is 16.7 Å². The Morgan fingerprint density at radius 1 is 1.00 bits per heavy atom. The molecule has 0 heterocycles. The number of hydrogen-bond acceptors (Lipinski definition) is 1. The van der Waals surface area contributed by atoms with Gasteiger partial charge in [-0.05, 0) is 45.9 Å². The van der Waals surface area contributed by atoms with Crippen LogP contribution in [0.1, 0.15) is 93.9 Å². The minimum atomic E-state index is -0.813. The van der Waals surface area contributed by atoms with E-state index in [1.54, 1.807) is 0 Å². The first-order valence-corrected chi connectivity index (χ1v) is 7.70. The average Bonchev–Trinajstić information content (AvgIpc) is 2.23. The topological polar surface area (TPSA) is 37.3 Å². The van der Waals surface area contributed by atoms with Gasteiger partial charge in [-0.3, -0.25) is 0 Å². The zero-order valence-electron chi connectivity index (χ0n) is 15.0. The van der Waals surface area contributed by atoms with E-state index in [9.17, 15) is 9.90 Å². The van der Waals surface area contributed by atoms with Crippen LogP contribution in [0.2, 0.25) is 0 Å². The van der Waals surface area contributed by atoms with Crippen molar-refractivity contribution in [3.05, 3.63) is 33.9 Å². The van der Waals surface area contributed by atoms with Gasteiger partial charge in [-0.15, -0.1) is 0 Å². The molecule has 1 aromatic rings. The second-order valence-corrected chi connectivity index (χ2v) is 8.35. The van der Waals surface area contributed by atoms with Gasteiger partial charge in [-0.25, -0.2) is 4.79 Å². The van der Waals surface area contributed by atoms with Crippen LogP contribution in [-0.4, -0.2) is 11.1 Å². The fraction of sp³-hybridized carbons (Fsp3) is 0.632. The molecule has 0 fully saturated rings. The summed E-state index contributed by atoms with van der Waals surface area (Å²) in [6.07, 6.45) is 0. The van der Waals surface area contributed by atoms with Crippen LogP contribution in [-0.2, 0) is 10.8 Å². The monoisotopic (exact) mass is 290 g/mol. The predicted molar refractivity (Wildman–Crippen MR) is 89.6 cm³/mol. The van der Waals surface area contributed by atoms with Gasteiger partial charge >= 0.3 is 5.97 Å². The standard InChI is InChI=1S/C19H30O2/c1-11(2)15-12(3)13(18(4,5)6)10-14(19(7,8)9)16(15)17(20)21/h10-11H,1-9H3,(H,20,21). The molecule has 0 aliphatic carbocycles. The van der Waals surface area contributed by atoms with Gasteiger partial charge in [0.2, 0.25) is 0 Å². The van der Waals surface area contributed by atoms with Crippen molar-refractivity contribution in [1.82, 2.24) is 0 Å². The first-order chi connectivity index (χ1) is 9.28. The molecule has 1 aromatic carbocycles. The van der Waals surface area contributed by atoms with Gasteiger partial charge in [0.1, 0.15) is 0 Å². The van der Waals surface area contributed by atoms with Crippen molar-refractivity contribution in [3.8, 4) is 0 Å². The van der Waals surface area contributed by atoms with E-state index < -0.39 is 5.97 Å². The van der Waals surface area contributed by atoms with E-state index in [1.165, 1.54) is 5.56 Å². The molecular weight excluding hydrogens is 260 g/mol. The Bertz CT molecular complexity index is 552. The van der Waals surface area contributed by atoms with Gasteiger partial charge in [-0.2, -0.15) is 0 Å². The van der Waals surface area contributed by atoms with E-state index in [0.29, 0.717) is 5.56 Å². The molecular formula is C19H30O2. The molecule has 0 aliphatic heterocycles. The maximum absolute atomic E-state index is 11.9. The number of carbonyl (C=O) groups is 1. The van der Waals surface area contributed by atoms with Crippen LogP contribution in [0.3, 0.4) is 0 Å². The summed E-state index contributed by atoms with van der Waals surface area (Å²) in [4.78, 5) is 11.9. The fourth-order valence-electron chi connectivity index (χ4n) is 3.13. The Morgan fingerprint density at radius 2 is 1.43 bits per heavy atom. The third-order valence-electron chi connectivity index (χ3n) is 4.04. The molecule has 1 rings (SSSR count). The Kier molecular flexibility index (Phi) is 4.62. The normalized spacial score (nSPS) is 12.9. The molecule has 0 unspecified atom stereocenters. The summed E-state index contributed by atoms with van der Waals surface area (Å²) in [5, 5.41) is 9.78. The molecule has 0 saturated heterocycles. The van der Waals surface area contributed by atoms with Crippen molar-refractivity contribution in [3.63, 3.8) is 0 Å². The van der Waals surface area contributed by atoms with E-state index in [2.05, 4.69) is 68.4 Å². The maximum Gasteiger partial charge on any atom is 0.336 e. The average molecular weight is 290 g/mol. The van der Waals surface area contributed by atoms with E-state index in [0.717, 1.165) is 16.7 Å². The van der Waals surface area contributed by atoms with Gasteiger partial charge < -0.3 is 5.11 Å². The van der Waals surface area contributed by atoms with Crippen LogP contribution in [0.5, 0.6) is 0 Å². The van der Waals surface area contributed by atoms with Crippen LogP contribution in [0.4, 0.5) is 0 Å². The number of hydrogen-bond donors (Lipinski definition) is 1. The predicted octanol–water partition coefficient (Wildman–Crippen LogP) is 5.41.